The summed E-state index contributed by atoms with van der Waals surface area (Å²) in [4.78, 5) is 27.3. The molecule has 0 saturated carbocycles. The maximum atomic E-state index is 14.7. The van der Waals surface area contributed by atoms with Crippen LogP contribution in [0, 0.1) is 17.6 Å². The van der Waals surface area contributed by atoms with Gasteiger partial charge in [-0.25, -0.2) is 23.5 Å². The van der Waals surface area contributed by atoms with E-state index in [1.54, 1.807) is 66.8 Å². The number of amides is 1. The fourth-order valence-corrected chi connectivity index (χ4v) is 4.98. The Morgan fingerprint density at radius 2 is 1.78 bits per heavy atom. The molecule has 0 unspecified atom stereocenters. The second-order valence-electron chi connectivity index (χ2n) is 11.9. The number of nitrogens with one attached hydrogen (secondary N) is 2. The Kier molecular flexibility index (Phi) is 9.74. The molecule has 12 heteroatoms. The van der Waals surface area contributed by atoms with Gasteiger partial charge in [0.1, 0.15) is 34.6 Å². The number of benzene rings is 2. The van der Waals surface area contributed by atoms with Gasteiger partial charge in [-0.2, -0.15) is 0 Å². The molecule has 2 N–H and O–H groups in total. The number of anilines is 3. The Balaban J connectivity index is 1.35. The van der Waals surface area contributed by atoms with E-state index in [0.717, 1.165) is 23.4 Å². The van der Waals surface area contributed by atoms with Gasteiger partial charge >= 0.3 is 6.09 Å². The second-order valence-corrected chi connectivity index (χ2v) is 11.9. The minimum atomic E-state index is -0.743. The van der Waals surface area contributed by atoms with E-state index in [-0.39, 0.29) is 48.0 Å². The zero-order chi connectivity index (χ0) is 32.8. The Hall–Kier alpha value is -5.13. The number of hydrogen-bond acceptors (Lipinski definition) is 8. The van der Waals surface area contributed by atoms with E-state index in [1.807, 2.05) is 20.8 Å². The maximum Gasteiger partial charge on any atom is 0.410 e. The van der Waals surface area contributed by atoms with Crippen LogP contribution in [0.4, 0.5) is 30.8 Å². The van der Waals surface area contributed by atoms with Gasteiger partial charge in [-0.3, -0.25) is 4.98 Å². The molecule has 2 aromatic carbocycles. The van der Waals surface area contributed by atoms with Gasteiger partial charge in [0.15, 0.2) is 0 Å². The van der Waals surface area contributed by atoms with Gasteiger partial charge in [-0.05, 0) is 63.8 Å². The van der Waals surface area contributed by atoms with Gasteiger partial charge < -0.3 is 30.4 Å². The molecule has 0 bridgehead atoms. The third-order valence-corrected chi connectivity index (χ3v) is 7.20. The van der Waals surface area contributed by atoms with Gasteiger partial charge in [0.25, 0.3) is 0 Å². The Morgan fingerprint density at radius 1 is 1.09 bits per heavy atom. The van der Waals surface area contributed by atoms with Gasteiger partial charge in [0.05, 0.1) is 6.61 Å². The summed E-state index contributed by atoms with van der Waals surface area (Å²) in [6.07, 6.45) is 5.20. The number of ether oxygens (including phenoxy) is 2. The van der Waals surface area contributed by atoms with Crippen LogP contribution >= 0.6 is 0 Å². The fourth-order valence-electron chi connectivity index (χ4n) is 4.98. The van der Waals surface area contributed by atoms with Crippen LogP contribution in [0.1, 0.15) is 50.2 Å². The molecule has 5 rings (SSSR count). The fraction of sp³-hybridized carbons (Fsp3) is 0.324. The van der Waals surface area contributed by atoms with Crippen molar-refractivity contribution < 1.29 is 23.0 Å². The van der Waals surface area contributed by atoms with Crippen LogP contribution in [0.5, 0.6) is 5.75 Å². The Morgan fingerprint density at radius 3 is 2.46 bits per heavy atom. The van der Waals surface area contributed by atoms with Crippen LogP contribution < -0.4 is 15.4 Å². The molecule has 3 heterocycles. The quantitative estimate of drug-likeness (QED) is 0.176. The zero-order valence-corrected chi connectivity index (χ0v) is 26.2. The van der Waals surface area contributed by atoms with Crippen LogP contribution in [0.25, 0.3) is 5.41 Å². The van der Waals surface area contributed by atoms with Gasteiger partial charge in [-0.15, -0.1) is 5.71 Å². The number of carbonyl (C=O) groups is 1. The van der Waals surface area contributed by atoms with Crippen molar-refractivity contribution in [1.82, 2.24) is 19.9 Å². The molecular weight excluding hydrogens is 592 g/mol. The smallest absolute Gasteiger partial charge is 0.410 e. The normalized spacial score (nSPS) is 13.1. The van der Waals surface area contributed by atoms with Gasteiger partial charge in [-0.1, -0.05) is 18.2 Å². The van der Waals surface area contributed by atoms with Crippen LogP contribution in [-0.4, -0.2) is 57.0 Å². The van der Waals surface area contributed by atoms with E-state index in [2.05, 4.69) is 25.6 Å². The van der Waals surface area contributed by atoms with Crippen LogP contribution in [0.3, 0.4) is 0 Å². The van der Waals surface area contributed by atoms with Gasteiger partial charge in [0.2, 0.25) is 0 Å². The molecule has 1 aliphatic heterocycles. The maximum absolute atomic E-state index is 14.7. The number of nitrogens with zero attached hydrogens (tertiary/aromatic N) is 5. The van der Waals surface area contributed by atoms with Crippen molar-refractivity contribution >= 4 is 29.0 Å². The first-order valence-corrected chi connectivity index (χ1v) is 15.0. The standard InChI is InChI=1S/C34H36F2N7O3/c1-5-45-24-15-27(35)26(28(36)16-24)18-39-29-9-7-6-8-25(29)30(37)32-40-17-22(31(42-32)41-23-10-12-38-13-11-23)14-21-19-43(20-21)33(44)46-34(2,3)4/h6-13,15-17,21,39H,5,14,18-20H2,1-4H3,(H,38,40,41,42)/q-1. The number of hydrogen-bond donors (Lipinski definition) is 2. The largest absolute Gasteiger partial charge is 0.800 e. The van der Waals surface area contributed by atoms with Crippen molar-refractivity contribution in [2.45, 2.75) is 46.3 Å². The number of carbonyl (C=O) groups excluding carboxylic acids is 1. The van der Waals surface area contributed by atoms with E-state index in [1.165, 1.54) is 0 Å². The highest BCUT2D eigenvalue weighted by Crippen LogP contribution is 2.28. The number of rotatable bonds is 11. The highest BCUT2D eigenvalue weighted by Gasteiger charge is 2.34. The predicted molar refractivity (Wildman–Crippen MR) is 172 cm³/mol. The lowest BCUT2D eigenvalue weighted by atomic mass is 9.93. The second kappa shape index (κ2) is 13.9. The summed E-state index contributed by atoms with van der Waals surface area (Å²) in [6, 6.07) is 12.7. The number of likely N-dealkylation sites (tertiary alicyclic amines) is 1. The van der Waals surface area contributed by atoms with Crippen LogP contribution in [0.15, 0.2) is 67.1 Å². The van der Waals surface area contributed by atoms with Crippen molar-refractivity contribution in [3.05, 3.63) is 107 Å². The van der Waals surface area contributed by atoms with Crippen molar-refractivity contribution in [1.29, 1.82) is 0 Å². The number of halogens is 2. The SMILES string of the molecule is CCOc1cc(F)c(CNc2ccccc2C(=[N-])c2ncc(CC3CN(C(=O)OC(C)(C)C)C3)c(Nc3ccncc3)n2)c(F)c1. The van der Waals surface area contributed by atoms with E-state index < -0.39 is 17.2 Å². The summed E-state index contributed by atoms with van der Waals surface area (Å²) in [5, 5.41) is 17.7. The molecular formula is C34H36F2N7O3-. The monoisotopic (exact) mass is 628 g/mol. The highest BCUT2D eigenvalue weighted by molar-refractivity contribution is 6.15. The minimum absolute atomic E-state index is 0.0528. The van der Waals surface area contributed by atoms with Crippen molar-refractivity contribution in [3.8, 4) is 5.75 Å². The first kappa shape index (κ1) is 32.3. The molecule has 10 nitrogen and oxygen atoms in total. The minimum Gasteiger partial charge on any atom is -0.800 e. The van der Waals surface area contributed by atoms with E-state index in [4.69, 9.17) is 9.47 Å². The summed E-state index contributed by atoms with van der Waals surface area (Å²) in [5.74, 6) is -0.659. The summed E-state index contributed by atoms with van der Waals surface area (Å²) >= 11 is 0. The molecule has 0 aliphatic carbocycles. The molecule has 0 atom stereocenters. The molecule has 4 aromatic rings. The van der Waals surface area contributed by atoms with Crippen molar-refractivity contribution in [2.24, 2.45) is 5.92 Å². The summed E-state index contributed by atoms with van der Waals surface area (Å²) in [7, 11) is 0. The third kappa shape index (κ3) is 7.92. The number of aromatic nitrogens is 3. The van der Waals surface area contributed by atoms with E-state index >= 15 is 0 Å². The molecule has 46 heavy (non-hydrogen) atoms. The van der Waals surface area contributed by atoms with Crippen molar-refractivity contribution in [3.63, 3.8) is 0 Å². The molecule has 2 aromatic heterocycles. The summed E-state index contributed by atoms with van der Waals surface area (Å²) in [5.41, 5.74) is 1.37. The third-order valence-electron chi connectivity index (χ3n) is 7.20. The van der Waals surface area contributed by atoms with Gasteiger partial charge in [0, 0.05) is 72.9 Å². The average molecular weight is 629 g/mol. The zero-order valence-electron chi connectivity index (χ0n) is 26.2. The lowest BCUT2D eigenvalue weighted by molar-refractivity contribution is -0.000872. The van der Waals surface area contributed by atoms with Crippen LogP contribution in [0.2, 0.25) is 0 Å². The average Bonchev–Trinajstić information content (AvgIpc) is 2.98. The first-order chi connectivity index (χ1) is 22.0. The van der Waals surface area contributed by atoms with Crippen LogP contribution in [-0.2, 0) is 17.7 Å². The lowest BCUT2D eigenvalue weighted by Crippen LogP contribution is -2.52. The molecule has 1 aliphatic rings. The Labute approximate surface area is 266 Å². The molecule has 1 amide bonds. The topological polar surface area (TPSA) is 124 Å². The van der Waals surface area contributed by atoms with Crippen molar-refractivity contribution in [2.75, 3.05) is 30.3 Å². The summed E-state index contributed by atoms with van der Waals surface area (Å²) in [6.45, 7) is 8.42. The molecule has 1 fully saturated rings. The Bertz CT molecular complexity index is 1680. The number of para-hydroxylation sites is 1. The highest BCUT2D eigenvalue weighted by atomic mass is 19.1. The molecule has 240 valence electrons. The summed E-state index contributed by atoms with van der Waals surface area (Å²) < 4.78 is 40.1. The van der Waals surface area contributed by atoms with E-state index in [9.17, 15) is 19.0 Å². The molecule has 0 spiro atoms. The van der Waals surface area contributed by atoms with E-state index in [0.29, 0.717) is 36.6 Å². The molecule has 0 radical (unpaired) electrons. The number of pyridine rings is 1. The molecule has 1 saturated heterocycles. The lowest BCUT2D eigenvalue weighted by Gasteiger charge is -2.40. The first-order valence-electron chi connectivity index (χ1n) is 15.0. The predicted octanol–water partition coefficient (Wildman–Crippen LogP) is 6.72.